The molecule has 0 spiro atoms. The Morgan fingerprint density at radius 3 is 2.78 bits per heavy atom. The molecule has 1 N–H and O–H groups in total. The average molecular weight is 120 g/mol. The molecule has 0 radical (unpaired) electrons. The van der Waals surface area contributed by atoms with E-state index in [4.69, 9.17) is 6.57 Å². The van der Waals surface area contributed by atoms with Crippen LogP contribution >= 0.6 is 0 Å². The molecule has 0 bridgehead atoms. The Bertz CT molecular complexity index is 274. The van der Waals surface area contributed by atoms with E-state index < -0.39 is 0 Å². The van der Waals surface area contributed by atoms with Gasteiger partial charge in [0.25, 0.3) is 0 Å². The molecule has 0 atom stereocenters. The van der Waals surface area contributed by atoms with Gasteiger partial charge in [-0.05, 0) is 12.1 Å². The molecular weight excluding hydrogens is 116 g/mol. The summed E-state index contributed by atoms with van der Waals surface area (Å²) in [7, 11) is 0. The fourth-order valence-corrected chi connectivity index (χ4v) is 0.472. The van der Waals surface area contributed by atoms with Gasteiger partial charge in [-0.15, -0.1) is 0 Å². The first-order chi connectivity index (χ1) is 4.33. The molecule has 0 saturated carbocycles. The first kappa shape index (κ1) is 5.57. The summed E-state index contributed by atoms with van der Waals surface area (Å²) in [5.74, 6) is 0. The predicted molar refractivity (Wildman–Crippen MR) is 33.3 cm³/mol. The van der Waals surface area contributed by atoms with E-state index in [9.17, 15) is 4.79 Å². The fraction of sp³-hybridized carbons (Fsp3) is 0. The topological polar surface area (TPSA) is 37.2 Å². The van der Waals surface area contributed by atoms with E-state index in [1.807, 2.05) is 0 Å². The lowest BCUT2D eigenvalue weighted by Gasteiger charge is -1.82. The van der Waals surface area contributed by atoms with E-state index in [-0.39, 0.29) is 5.56 Å². The van der Waals surface area contributed by atoms with E-state index in [0.717, 1.165) is 0 Å². The van der Waals surface area contributed by atoms with Gasteiger partial charge in [0.2, 0.25) is 11.2 Å². The maximum atomic E-state index is 10.4. The van der Waals surface area contributed by atoms with E-state index in [1.165, 1.54) is 18.3 Å². The molecule has 1 aromatic rings. The standard InChI is InChI=1S/C6H4N2O/c1-7-5-2-3-6(9)8-4-5/h2-4H,(H,8,9). The summed E-state index contributed by atoms with van der Waals surface area (Å²) in [6.07, 6.45) is 1.38. The lowest BCUT2D eigenvalue weighted by Crippen LogP contribution is -1.99. The molecule has 0 aliphatic heterocycles. The Labute approximate surface area is 51.8 Å². The Morgan fingerprint density at radius 2 is 2.33 bits per heavy atom. The molecule has 0 amide bonds. The van der Waals surface area contributed by atoms with Crippen molar-refractivity contribution in [3.05, 3.63) is 40.1 Å². The van der Waals surface area contributed by atoms with Gasteiger partial charge in [0.1, 0.15) is 0 Å². The third kappa shape index (κ3) is 1.16. The van der Waals surface area contributed by atoms with E-state index >= 15 is 0 Å². The van der Waals surface area contributed by atoms with Crippen molar-refractivity contribution in [3.63, 3.8) is 0 Å². The maximum absolute atomic E-state index is 10.4. The van der Waals surface area contributed by atoms with E-state index in [1.54, 1.807) is 0 Å². The number of pyridine rings is 1. The van der Waals surface area contributed by atoms with Crippen LogP contribution in [0.1, 0.15) is 0 Å². The molecule has 1 rings (SSSR count). The number of aromatic amines is 1. The highest BCUT2D eigenvalue weighted by Crippen LogP contribution is 2.03. The highest BCUT2D eigenvalue weighted by atomic mass is 16.1. The van der Waals surface area contributed by atoms with Crippen molar-refractivity contribution in [2.45, 2.75) is 0 Å². The SMILES string of the molecule is [C-]#[N+]c1ccc(=O)[nH]c1. The highest BCUT2D eigenvalue weighted by Gasteiger charge is 1.84. The molecule has 0 unspecified atom stereocenters. The largest absolute Gasteiger partial charge is 0.339 e. The van der Waals surface area contributed by atoms with Crippen LogP contribution < -0.4 is 5.56 Å². The van der Waals surface area contributed by atoms with Crippen LogP contribution in [0.5, 0.6) is 0 Å². The third-order valence-corrected chi connectivity index (χ3v) is 0.897. The molecule has 3 heteroatoms. The number of nitrogens with zero attached hydrogens (tertiary/aromatic N) is 1. The minimum absolute atomic E-state index is 0.178. The molecule has 9 heavy (non-hydrogen) atoms. The molecular formula is C6H4N2O. The van der Waals surface area contributed by atoms with Crippen molar-refractivity contribution >= 4 is 5.69 Å². The summed E-state index contributed by atoms with van der Waals surface area (Å²) in [6, 6.07) is 2.80. The summed E-state index contributed by atoms with van der Waals surface area (Å²) in [4.78, 5) is 15.9. The highest BCUT2D eigenvalue weighted by molar-refractivity contribution is 5.40. The van der Waals surface area contributed by atoms with Crippen LogP contribution in [0.3, 0.4) is 0 Å². The van der Waals surface area contributed by atoms with E-state index in [0.29, 0.717) is 5.69 Å². The fourth-order valence-electron chi connectivity index (χ4n) is 0.472. The Hall–Kier alpha value is -1.56. The molecule has 1 heterocycles. The quantitative estimate of drug-likeness (QED) is 0.508. The summed E-state index contributed by atoms with van der Waals surface area (Å²) < 4.78 is 0. The number of nitrogens with one attached hydrogen (secondary N) is 1. The molecule has 0 aliphatic rings. The van der Waals surface area contributed by atoms with Crippen molar-refractivity contribution in [2.75, 3.05) is 0 Å². The smallest absolute Gasteiger partial charge is 0.245 e. The lowest BCUT2D eigenvalue weighted by atomic mass is 10.4. The summed E-state index contributed by atoms with van der Waals surface area (Å²) >= 11 is 0. The summed E-state index contributed by atoms with van der Waals surface area (Å²) in [5.41, 5.74) is 0.275. The van der Waals surface area contributed by atoms with Crippen LogP contribution in [0.15, 0.2) is 23.1 Å². The first-order valence-corrected chi connectivity index (χ1v) is 2.39. The zero-order valence-corrected chi connectivity index (χ0v) is 4.59. The number of H-pyrrole nitrogens is 1. The van der Waals surface area contributed by atoms with Gasteiger partial charge in [0, 0.05) is 6.20 Å². The Kier molecular flexibility index (Phi) is 1.32. The molecule has 0 saturated heterocycles. The minimum Gasteiger partial charge on any atom is -0.339 e. The van der Waals surface area contributed by atoms with Crippen molar-refractivity contribution < 1.29 is 0 Å². The van der Waals surface area contributed by atoms with Crippen molar-refractivity contribution in [2.24, 2.45) is 0 Å². The Morgan fingerprint density at radius 1 is 1.56 bits per heavy atom. The van der Waals surface area contributed by atoms with Gasteiger partial charge in [0.15, 0.2) is 0 Å². The van der Waals surface area contributed by atoms with Gasteiger partial charge in [0.05, 0.1) is 6.57 Å². The molecule has 0 fully saturated rings. The van der Waals surface area contributed by atoms with Crippen molar-refractivity contribution in [1.29, 1.82) is 0 Å². The maximum Gasteiger partial charge on any atom is 0.245 e. The monoisotopic (exact) mass is 120 g/mol. The number of hydrogen-bond donors (Lipinski definition) is 1. The second kappa shape index (κ2) is 2.14. The van der Waals surface area contributed by atoms with Gasteiger partial charge in [-0.25, -0.2) is 4.85 Å². The lowest BCUT2D eigenvalue weighted by molar-refractivity contribution is 1.25. The number of rotatable bonds is 0. The number of aromatic nitrogens is 1. The van der Waals surface area contributed by atoms with Crippen LogP contribution in [0, 0.1) is 6.57 Å². The Balaban J connectivity index is 3.21. The van der Waals surface area contributed by atoms with Crippen LogP contribution in [0.4, 0.5) is 5.69 Å². The summed E-state index contributed by atoms with van der Waals surface area (Å²) in [6.45, 7) is 6.52. The van der Waals surface area contributed by atoms with Gasteiger partial charge >= 0.3 is 0 Å². The van der Waals surface area contributed by atoms with Gasteiger partial charge in [-0.2, -0.15) is 0 Å². The second-order valence-corrected chi connectivity index (χ2v) is 1.52. The summed E-state index contributed by atoms with van der Waals surface area (Å²) in [5, 5.41) is 0. The van der Waals surface area contributed by atoms with Gasteiger partial charge < -0.3 is 4.98 Å². The molecule has 0 aliphatic carbocycles. The molecule has 1 aromatic heterocycles. The molecule has 3 nitrogen and oxygen atoms in total. The van der Waals surface area contributed by atoms with Crippen LogP contribution in [0.2, 0.25) is 0 Å². The zero-order chi connectivity index (χ0) is 6.69. The molecule has 0 aromatic carbocycles. The second-order valence-electron chi connectivity index (χ2n) is 1.52. The predicted octanol–water partition coefficient (Wildman–Crippen LogP) is 0.926. The van der Waals surface area contributed by atoms with Gasteiger partial charge in [-0.1, -0.05) is 0 Å². The normalized spacial score (nSPS) is 8.33. The third-order valence-electron chi connectivity index (χ3n) is 0.897. The molecule has 44 valence electrons. The zero-order valence-electron chi connectivity index (χ0n) is 4.59. The first-order valence-electron chi connectivity index (χ1n) is 2.39. The van der Waals surface area contributed by atoms with Crippen LogP contribution in [-0.2, 0) is 0 Å². The number of hydrogen-bond acceptors (Lipinski definition) is 1. The van der Waals surface area contributed by atoms with Crippen LogP contribution in [-0.4, -0.2) is 4.98 Å². The van der Waals surface area contributed by atoms with E-state index in [2.05, 4.69) is 9.83 Å². The minimum atomic E-state index is -0.178. The van der Waals surface area contributed by atoms with Gasteiger partial charge in [-0.3, -0.25) is 4.79 Å². The average Bonchev–Trinajstić information content (AvgIpc) is 1.90. The van der Waals surface area contributed by atoms with Crippen molar-refractivity contribution in [3.8, 4) is 0 Å². The van der Waals surface area contributed by atoms with Crippen molar-refractivity contribution in [1.82, 2.24) is 4.98 Å². The van der Waals surface area contributed by atoms with Crippen LogP contribution in [0.25, 0.3) is 4.85 Å².